The molecule has 9 nitrogen and oxygen atoms in total. The Morgan fingerprint density at radius 1 is 1.40 bits per heavy atom. The van der Waals surface area contributed by atoms with Crippen LogP contribution in [-0.2, 0) is 16.1 Å². The molecule has 0 bridgehead atoms. The number of fused-ring (bicyclic) bond motifs is 1. The first-order valence-electron chi connectivity index (χ1n) is 7.64. The van der Waals surface area contributed by atoms with Crippen molar-refractivity contribution >= 4 is 28.9 Å². The largest absolute Gasteiger partial charge is 0.497 e. The number of hydrogen-bond donors (Lipinski definition) is 2. The summed E-state index contributed by atoms with van der Waals surface area (Å²) in [5.74, 6) is 0.0364. The number of nitrogens with one attached hydrogen (secondary N) is 2. The Labute approximate surface area is 143 Å². The van der Waals surface area contributed by atoms with Gasteiger partial charge in [-0.1, -0.05) is 0 Å². The molecule has 0 radical (unpaired) electrons. The summed E-state index contributed by atoms with van der Waals surface area (Å²) >= 11 is 0. The minimum Gasteiger partial charge on any atom is -0.497 e. The van der Waals surface area contributed by atoms with Crippen molar-refractivity contribution in [3.05, 3.63) is 24.1 Å². The summed E-state index contributed by atoms with van der Waals surface area (Å²) in [5, 5.41) is 5.10. The lowest BCUT2D eigenvalue weighted by atomic mass is 10.1. The van der Waals surface area contributed by atoms with Crippen LogP contribution in [0.25, 0.3) is 11.1 Å². The number of hydrogen-bond acceptors (Lipinski definition) is 6. The summed E-state index contributed by atoms with van der Waals surface area (Å²) in [7, 11) is 1.56. The smallest absolute Gasteiger partial charge is 0.325 e. The molecule has 0 aliphatic carbocycles. The van der Waals surface area contributed by atoms with Crippen molar-refractivity contribution in [2.24, 2.45) is 0 Å². The Bertz CT molecular complexity index is 857. The minimum absolute atomic E-state index is 0.0445. The van der Waals surface area contributed by atoms with E-state index in [4.69, 9.17) is 9.15 Å². The number of benzene rings is 1. The normalized spacial score (nSPS) is 16.2. The third-order valence-corrected chi connectivity index (χ3v) is 3.82. The van der Waals surface area contributed by atoms with Crippen LogP contribution in [0, 0.1) is 0 Å². The molecule has 0 unspecified atom stereocenters. The summed E-state index contributed by atoms with van der Waals surface area (Å²) in [6.45, 7) is 2.85. The molecule has 3 rings (SSSR count). The fraction of sp³-hybridized carbons (Fsp3) is 0.375. The van der Waals surface area contributed by atoms with E-state index >= 15 is 0 Å². The number of nitrogens with zero attached hydrogens (tertiary/aromatic N) is 2. The molecule has 9 heteroatoms. The number of oxazole rings is 1. The van der Waals surface area contributed by atoms with Crippen molar-refractivity contribution in [1.29, 1.82) is 0 Å². The van der Waals surface area contributed by atoms with Crippen LogP contribution in [0.3, 0.4) is 0 Å². The molecule has 1 fully saturated rings. The summed E-state index contributed by atoms with van der Waals surface area (Å²) in [6, 6.07) is 4.61. The molecule has 1 aliphatic rings. The van der Waals surface area contributed by atoms with Gasteiger partial charge in [-0.3, -0.25) is 14.5 Å². The number of imide groups is 1. The zero-order valence-corrected chi connectivity index (χ0v) is 14.1. The van der Waals surface area contributed by atoms with E-state index in [-0.39, 0.29) is 13.1 Å². The molecule has 2 aromatic rings. The second-order valence-electron chi connectivity index (χ2n) is 6.16. The number of carbonyl (C=O) groups is 3. The summed E-state index contributed by atoms with van der Waals surface area (Å²) in [6.07, 6.45) is 0. The molecule has 25 heavy (non-hydrogen) atoms. The molecular weight excluding hydrogens is 328 g/mol. The molecule has 0 spiro atoms. The average Bonchev–Trinajstić information content (AvgIpc) is 3.05. The van der Waals surface area contributed by atoms with Crippen LogP contribution in [0.1, 0.15) is 19.7 Å². The molecule has 1 saturated heterocycles. The number of carbonyl (C=O) groups excluding carboxylic acids is 3. The van der Waals surface area contributed by atoms with E-state index in [1.54, 1.807) is 39.2 Å². The topological polar surface area (TPSA) is 114 Å². The lowest BCUT2D eigenvalue weighted by Gasteiger charge is -2.15. The monoisotopic (exact) mass is 346 g/mol. The zero-order chi connectivity index (χ0) is 18.2. The highest BCUT2D eigenvalue weighted by Gasteiger charge is 2.44. The van der Waals surface area contributed by atoms with E-state index in [0.29, 0.717) is 22.7 Å². The van der Waals surface area contributed by atoms with Gasteiger partial charge in [-0.05, 0) is 26.0 Å². The van der Waals surface area contributed by atoms with Gasteiger partial charge in [0.25, 0.3) is 5.91 Å². The van der Waals surface area contributed by atoms with Gasteiger partial charge in [-0.2, -0.15) is 0 Å². The molecule has 4 amide bonds. The molecule has 1 aromatic heterocycles. The van der Waals surface area contributed by atoms with Crippen molar-refractivity contribution < 1.29 is 23.5 Å². The van der Waals surface area contributed by atoms with Crippen molar-refractivity contribution in [3.8, 4) is 5.75 Å². The van der Waals surface area contributed by atoms with Crippen LogP contribution >= 0.6 is 0 Å². The highest BCUT2D eigenvalue weighted by Crippen LogP contribution is 2.21. The van der Waals surface area contributed by atoms with Gasteiger partial charge in [0, 0.05) is 6.07 Å². The molecular formula is C16H18N4O5. The van der Waals surface area contributed by atoms with Crippen LogP contribution < -0.4 is 15.4 Å². The Morgan fingerprint density at radius 3 is 2.80 bits per heavy atom. The van der Waals surface area contributed by atoms with Crippen LogP contribution in [-0.4, -0.2) is 46.9 Å². The summed E-state index contributed by atoms with van der Waals surface area (Å²) in [4.78, 5) is 41.0. The van der Waals surface area contributed by atoms with Gasteiger partial charge in [0.1, 0.15) is 23.3 Å². The van der Waals surface area contributed by atoms with Gasteiger partial charge >= 0.3 is 6.03 Å². The lowest BCUT2D eigenvalue weighted by Crippen LogP contribution is -2.43. The minimum atomic E-state index is -1.00. The van der Waals surface area contributed by atoms with Crippen LogP contribution in [0.15, 0.2) is 22.6 Å². The molecule has 2 heterocycles. The number of methoxy groups -OCH3 is 1. The Morgan fingerprint density at radius 2 is 2.16 bits per heavy atom. The number of aromatic nitrogens is 1. The predicted octanol–water partition coefficient (Wildman–Crippen LogP) is 0.783. The quantitative estimate of drug-likeness (QED) is 0.774. The standard InChI is InChI=1S/C16H18N4O5/c1-16(2)14(22)20(15(23)19-16)8-12(21)17-7-13-18-10-6-9(24-3)4-5-11(10)25-13/h4-6H,7-8H2,1-3H3,(H,17,21)(H,19,23). The van der Waals surface area contributed by atoms with E-state index in [1.807, 2.05) is 0 Å². The summed E-state index contributed by atoms with van der Waals surface area (Å²) in [5.41, 5.74) is 0.178. The van der Waals surface area contributed by atoms with E-state index < -0.39 is 23.4 Å². The lowest BCUT2D eigenvalue weighted by molar-refractivity contribution is -0.134. The number of urea groups is 1. The van der Waals surface area contributed by atoms with Gasteiger partial charge in [-0.25, -0.2) is 9.78 Å². The molecule has 0 atom stereocenters. The van der Waals surface area contributed by atoms with Crippen LogP contribution in [0.4, 0.5) is 4.79 Å². The molecule has 0 saturated carbocycles. The van der Waals surface area contributed by atoms with Crippen LogP contribution in [0.2, 0.25) is 0 Å². The first-order chi connectivity index (χ1) is 11.8. The SMILES string of the molecule is COc1ccc2oc(CNC(=O)CN3C(=O)NC(C)(C)C3=O)nc2c1. The Hall–Kier alpha value is -3.10. The van der Waals surface area contributed by atoms with Crippen molar-refractivity contribution in [1.82, 2.24) is 20.5 Å². The highest BCUT2D eigenvalue weighted by atomic mass is 16.5. The first kappa shape index (κ1) is 16.7. The number of amides is 4. The second-order valence-corrected chi connectivity index (χ2v) is 6.16. The van der Waals surface area contributed by atoms with Gasteiger partial charge in [0.15, 0.2) is 5.58 Å². The first-order valence-corrected chi connectivity index (χ1v) is 7.64. The third kappa shape index (κ3) is 3.25. The van der Waals surface area contributed by atoms with E-state index in [2.05, 4.69) is 15.6 Å². The van der Waals surface area contributed by atoms with Gasteiger partial charge in [-0.15, -0.1) is 0 Å². The third-order valence-electron chi connectivity index (χ3n) is 3.82. The van der Waals surface area contributed by atoms with Crippen molar-refractivity contribution in [2.75, 3.05) is 13.7 Å². The highest BCUT2D eigenvalue weighted by molar-refractivity contribution is 6.08. The molecule has 2 N–H and O–H groups in total. The maximum atomic E-state index is 12.0. The average molecular weight is 346 g/mol. The second kappa shape index (κ2) is 6.08. The van der Waals surface area contributed by atoms with Gasteiger partial charge in [0.2, 0.25) is 11.8 Å². The van der Waals surface area contributed by atoms with Gasteiger partial charge < -0.3 is 19.8 Å². The molecule has 132 valence electrons. The maximum absolute atomic E-state index is 12.0. The fourth-order valence-corrected chi connectivity index (χ4v) is 2.49. The van der Waals surface area contributed by atoms with Crippen molar-refractivity contribution in [2.45, 2.75) is 25.9 Å². The van der Waals surface area contributed by atoms with E-state index in [9.17, 15) is 14.4 Å². The van der Waals surface area contributed by atoms with Gasteiger partial charge in [0.05, 0.1) is 13.7 Å². The van der Waals surface area contributed by atoms with E-state index in [0.717, 1.165) is 4.90 Å². The fourth-order valence-electron chi connectivity index (χ4n) is 2.49. The Kier molecular flexibility index (Phi) is 4.07. The maximum Gasteiger partial charge on any atom is 0.325 e. The molecule has 1 aliphatic heterocycles. The zero-order valence-electron chi connectivity index (χ0n) is 14.1. The number of ether oxygens (including phenoxy) is 1. The molecule has 1 aromatic carbocycles. The Balaban J connectivity index is 1.61. The van der Waals surface area contributed by atoms with E-state index in [1.165, 1.54) is 0 Å². The van der Waals surface area contributed by atoms with Crippen molar-refractivity contribution in [3.63, 3.8) is 0 Å². The summed E-state index contributed by atoms with van der Waals surface area (Å²) < 4.78 is 10.6. The predicted molar refractivity (Wildman–Crippen MR) is 86.7 cm³/mol. The number of rotatable bonds is 5. The van der Waals surface area contributed by atoms with Crippen LogP contribution in [0.5, 0.6) is 5.75 Å².